The third kappa shape index (κ3) is 5.06. The Kier molecular flexibility index (Phi) is 6.14. The maximum absolute atomic E-state index is 12.1. The lowest BCUT2D eigenvalue weighted by atomic mass is 10.2. The van der Waals surface area contributed by atoms with Gasteiger partial charge in [0.25, 0.3) is 5.91 Å². The van der Waals surface area contributed by atoms with Gasteiger partial charge in [0.1, 0.15) is 16.8 Å². The summed E-state index contributed by atoms with van der Waals surface area (Å²) in [5.74, 6) is -0.593. The Balaban J connectivity index is 1.90. The minimum Gasteiger partial charge on any atom is -0.479 e. The number of aryl methyl sites for hydroxylation is 1. The van der Waals surface area contributed by atoms with E-state index in [4.69, 9.17) is 14.7 Å². The van der Waals surface area contributed by atoms with Crippen LogP contribution in [0.5, 0.6) is 5.75 Å². The van der Waals surface area contributed by atoms with Crippen molar-refractivity contribution in [3.8, 4) is 11.8 Å². The molecule has 0 bridgehead atoms. The molecule has 1 heterocycles. The average molecular weight is 358 g/mol. The molecule has 7 heteroatoms. The first kappa shape index (κ1) is 18.5. The molecule has 1 N–H and O–H groups in total. The van der Waals surface area contributed by atoms with Gasteiger partial charge in [0, 0.05) is 0 Å². The van der Waals surface area contributed by atoms with Crippen LogP contribution in [0.1, 0.15) is 25.0 Å². The van der Waals surface area contributed by atoms with Crippen LogP contribution in [0.25, 0.3) is 0 Å². The summed E-state index contributed by atoms with van der Waals surface area (Å²) >= 11 is 1.23. The molecule has 1 amide bonds. The number of thiophene rings is 1. The average Bonchev–Trinajstić information content (AvgIpc) is 3.01. The highest BCUT2D eigenvalue weighted by atomic mass is 32.1. The number of ether oxygens (including phenoxy) is 2. The highest BCUT2D eigenvalue weighted by Crippen LogP contribution is 2.22. The second-order valence-electron chi connectivity index (χ2n) is 5.42. The first-order chi connectivity index (χ1) is 11.9. The number of nitrogens with zero attached hydrogens (tertiary/aromatic N) is 1. The Morgan fingerprint density at radius 3 is 2.68 bits per heavy atom. The van der Waals surface area contributed by atoms with Crippen molar-refractivity contribution in [2.75, 3.05) is 5.32 Å². The van der Waals surface area contributed by atoms with Gasteiger partial charge in [-0.05, 0) is 49.9 Å². The van der Waals surface area contributed by atoms with Crippen LogP contribution in [0.3, 0.4) is 0 Å². The fraction of sp³-hybridized carbons (Fsp3) is 0.278. The van der Waals surface area contributed by atoms with Crippen LogP contribution in [0, 0.1) is 18.3 Å². The summed E-state index contributed by atoms with van der Waals surface area (Å²) in [4.78, 5) is 24.2. The number of hydrogen-bond acceptors (Lipinski definition) is 6. The van der Waals surface area contributed by atoms with E-state index in [0.29, 0.717) is 16.3 Å². The Morgan fingerprint density at radius 1 is 1.24 bits per heavy atom. The van der Waals surface area contributed by atoms with Crippen molar-refractivity contribution in [1.82, 2.24) is 0 Å². The fourth-order valence-corrected chi connectivity index (χ4v) is 2.71. The Morgan fingerprint density at radius 2 is 2.00 bits per heavy atom. The van der Waals surface area contributed by atoms with Gasteiger partial charge in [0.05, 0.1) is 5.56 Å². The summed E-state index contributed by atoms with van der Waals surface area (Å²) in [6.45, 7) is 4.94. The van der Waals surface area contributed by atoms with Crippen LogP contribution in [0.15, 0.2) is 35.7 Å². The largest absolute Gasteiger partial charge is 0.479 e. The zero-order chi connectivity index (χ0) is 18.4. The van der Waals surface area contributed by atoms with E-state index >= 15 is 0 Å². The number of anilines is 1. The molecule has 0 aliphatic heterocycles. The molecule has 1 aromatic heterocycles. The number of carbonyl (C=O) groups is 2. The maximum Gasteiger partial charge on any atom is 0.347 e. The monoisotopic (exact) mass is 358 g/mol. The predicted molar refractivity (Wildman–Crippen MR) is 94.5 cm³/mol. The highest BCUT2D eigenvalue weighted by Gasteiger charge is 2.24. The minimum absolute atomic E-state index is 0.369. The van der Waals surface area contributed by atoms with Crippen LogP contribution in [0.4, 0.5) is 5.00 Å². The zero-order valence-electron chi connectivity index (χ0n) is 14.1. The summed E-state index contributed by atoms with van der Waals surface area (Å²) in [7, 11) is 0. The van der Waals surface area contributed by atoms with E-state index in [1.807, 2.05) is 25.1 Å². The van der Waals surface area contributed by atoms with E-state index in [2.05, 4.69) is 5.32 Å². The van der Waals surface area contributed by atoms with Crippen LogP contribution >= 0.6 is 11.3 Å². The van der Waals surface area contributed by atoms with Crippen LogP contribution in [-0.2, 0) is 14.3 Å². The quantitative estimate of drug-likeness (QED) is 0.801. The molecule has 0 radical (unpaired) electrons. The molecular formula is C18H18N2O4S. The van der Waals surface area contributed by atoms with Crippen molar-refractivity contribution >= 4 is 28.2 Å². The number of esters is 1. The Hall–Kier alpha value is -2.85. The van der Waals surface area contributed by atoms with E-state index < -0.39 is 24.1 Å². The van der Waals surface area contributed by atoms with E-state index in [-0.39, 0.29) is 0 Å². The van der Waals surface area contributed by atoms with Crippen molar-refractivity contribution in [3.63, 3.8) is 0 Å². The first-order valence-corrected chi connectivity index (χ1v) is 8.51. The van der Waals surface area contributed by atoms with Crippen LogP contribution < -0.4 is 10.1 Å². The summed E-state index contributed by atoms with van der Waals surface area (Å²) < 4.78 is 10.7. The number of nitrogens with one attached hydrogen (secondary N) is 1. The summed E-state index contributed by atoms with van der Waals surface area (Å²) in [6, 6.07) is 10.9. The maximum atomic E-state index is 12.1. The van der Waals surface area contributed by atoms with E-state index in [1.165, 1.54) is 18.3 Å². The van der Waals surface area contributed by atoms with E-state index in [9.17, 15) is 9.59 Å². The lowest BCUT2D eigenvalue weighted by molar-refractivity contribution is -0.159. The van der Waals surface area contributed by atoms with Gasteiger partial charge in [-0.2, -0.15) is 5.26 Å². The van der Waals surface area contributed by atoms with Gasteiger partial charge >= 0.3 is 5.97 Å². The molecule has 0 unspecified atom stereocenters. The number of hydrogen-bond donors (Lipinski definition) is 1. The minimum atomic E-state index is -1.01. The predicted octanol–water partition coefficient (Wildman–Crippen LogP) is 3.27. The molecule has 130 valence electrons. The smallest absolute Gasteiger partial charge is 0.347 e. The topological polar surface area (TPSA) is 88.4 Å². The molecule has 0 saturated heterocycles. The lowest BCUT2D eigenvalue weighted by Crippen LogP contribution is -2.35. The second-order valence-corrected chi connectivity index (χ2v) is 6.34. The molecule has 6 nitrogen and oxygen atoms in total. The second kappa shape index (κ2) is 8.31. The van der Waals surface area contributed by atoms with Crippen LogP contribution in [0.2, 0.25) is 0 Å². The third-order valence-corrected chi connectivity index (χ3v) is 4.15. The van der Waals surface area contributed by atoms with Crippen molar-refractivity contribution in [1.29, 1.82) is 5.26 Å². The Bertz CT molecular complexity index is 809. The molecular weight excluding hydrogens is 340 g/mol. The molecule has 25 heavy (non-hydrogen) atoms. The molecule has 2 rings (SSSR count). The number of rotatable bonds is 6. The summed E-state index contributed by atoms with van der Waals surface area (Å²) in [5, 5.41) is 13.6. The van der Waals surface area contributed by atoms with Gasteiger partial charge in [-0.25, -0.2) is 4.79 Å². The SMILES string of the molecule is Cc1cccc(O[C@H](C)C(=O)O[C@H](C)C(=O)Nc2sccc2C#N)c1. The molecule has 0 spiro atoms. The van der Waals surface area contributed by atoms with Gasteiger partial charge in [0.2, 0.25) is 0 Å². The van der Waals surface area contributed by atoms with Crippen molar-refractivity contribution in [2.24, 2.45) is 0 Å². The van der Waals surface area contributed by atoms with Crippen molar-refractivity contribution in [2.45, 2.75) is 33.0 Å². The highest BCUT2D eigenvalue weighted by molar-refractivity contribution is 7.14. The normalized spacial score (nSPS) is 12.6. The van der Waals surface area contributed by atoms with Gasteiger partial charge in [-0.1, -0.05) is 12.1 Å². The van der Waals surface area contributed by atoms with Gasteiger partial charge in [-0.3, -0.25) is 4.79 Å². The van der Waals surface area contributed by atoms with Gasteiger partial charge < -0.3 is 14.8 Å². The molecule has 0 saturated carbocycles. The molecule has 1 aromatic carbocycles. The first-order valence-electron chi connectivity index (χ1n) is 7.63. The number of amides is 1. The zero-order valence-corrected chi connectivity index (χ0v) is 14.9. The Labute approximate surface area is 150 Å². The molecule has 2 atom stereocenters. The summed E-state index contributed by atoms with van der Waals surface area (Å²) in [6.07, 6.45) is -1.86. The standard InChI is InChI=1S/C18H18N2O4S/c1-11-5-4-6-15(9-11)23-13(3)18(22)24-12(2)16(21)20-17-14(10-19)7-8-25-17/h4-9,12-13H,1-3H3,(H,20,21)/t12-,13-/m1/s1. The third-order valence-electron chi connectivity index (χ3n) is 3.32. The van der Waals surface area contributed by atoms with Crippen molar-refractivity contribution < 1.29 is 19.1 Å². The molecule has 2 aromatic rings. The van der Waals surface area contributed by atoms with E-state index in [0.717, 1.165) is 5.56 Å². The van der Waals surface area contributed by atoms with Crippen molar-refractivity contribution in [3.05, 3.63) is 46.8 Å². The fourth-order valence-electron chi connectivity index (χ4n) is 1.97. The van der Waals surface area contributed by atoms with Gasteiger partial charge in [-0.15, -0.1) is 11.3 Å². The number of benzene rings is 1. The summed E-state index contributed by atoms with van der Waals surface area (Å²) in [5.41, 5.74) is 1.38. The molecule has 0 aliphatic rings. The van der Waals surface area contributed by atoms with E-state index in [1.54, 1.807) is 30.5 Å². The number of carbonyl (C=O) groups excluding carboxylic acids is 2. The number of nitriles is 1. The van der Waals surface area contributed by atoms with Crippen LogP contribution in [-0.4, -0.2) is 24.1 Å². The van der Waals surface area contributed by atoms with Gasteiger partial charge in [0.15, 0.2) is 12.2 Å². The molecule has 0 fully saturated rings. The molecule has 0 aliphatic carbocycles. The lowest BCUT2D eigenvalue weighted by Gasteiger charge is -2.17.